The molecular formula is C23H20F3N7. The minimum atomic E-state index is -1.09. The van der Waals surface area contributed by atoms with Crippen molar-refractivity contribution in [3.05, 3.63) is 71.7 Å². The quantitative estimate of drug-likeness (QED) is 0.494. The Hall–Kier alpha value is -3.79. The van der Waals surface area contributed by atoms with Crippen LogP contribution >= 0.6 is 0 Å². The van der Waals surface area contributed by atoms with Gasteiger partial charge in [0.25, 0.3) is 0 Å². The van der Waals surface area contributed by atoms with Gasteiger partial charge in [-0.3, -0.25) is 4.90 Å². The van der Waals surface area contributed by atoms with Crippen molar-refractivity contribution in [1.82, 2.24) is 30.1 Å². The number of likely N-dealkylation sites (tertiary alicyclic amines) is 1. The molecule has 168 valence electrons. The molecule has 1 fully saturated rings. The molecule has 1 saturated heterocycles. The van der Waals surface area contributed by atoms with Gasteiger partial charge in [0.15, 0.2) is 17.5 Å². The summed E-state index contributed by atoms with van der Waals surface area (Å²) in [6.45, 7) is 2.53. The van der Waals surface area contributed by atoms with Gasteiger partial charge in [-0.1, -0.05) is 18.2 Å². The van der Waals surface area contributed by atoms with Gasteiger partial charge in [-0.25, -0.2) is 18.2 Å². The molecule has 10 heteroatoms. The number of pyridine rings is 1. The highest BCUT2D eigenvalue weighted by Crippen LogP contribution is 2.31. The van der Waals surface area contributed by atoms with E-state index < -0.39 is 11.6 Å². The summed E-state index contributed by atoms with van der Waals surface area (Å²) in [5, 5.41) is 11.3. The van der Waals surface area contributed by atoms with Crippen molar-refractivity contribution in [1.29, 1.82) is 0 Å². The normalized spacial score (nSPS) is 14.2. The molecule has 1 aliphatic rings. The fourth-order valence-electron chi connectivity index (χ4n) is 4.02. The van der Waals surface area contributed by atoms with Gasteiger partial charge in [0.2, 0.25) is 0 Å². The van der Waals surface area contributed by atoms with Gasteiger partial charge in [0.05, 0.1) is 5.56 Å². The monoisotopic (exact) mass is 451 g/mol. The molecule has 0 unspecified atom stereocenters. The average Bonchev–Trinajstić information content (AvgIpc) is 3.50. The minimum absolute atomic E-state index is 0.0810. The Balaban J connectivity index is 1.51. The topological polar surface area (TPSA) is 85.8 Å². The van der Waals surface area contributed by atoms with E-state index in [0.717, 1.165) is 36.7 Å². The summed E-state index contributed by atoms with van der Waals surface area (Å²) in [7, 11) is 0. The zero-order chi connectivity index (χ0) is 22.9. The number of hydrogen-bond acceptors (Lipinski definition) is 6. The summed E-state index contributed by atoms with van der Waals surface area (Å²) >= 11 is 0. The molecule has 33 heavy (non-hydrogen) atoms. The van der Waals surface area contributed by atoms with E-state index in [2.05, 4.69) is 25.4 Å². The Labute approximate surface area is 187 Å². The smallest absolute Gasteiger partial charge is 0.190 e. The van der Waals surface area contributed by atoms with Crippen LogP contribution in [0.1, 0.15) is 18.4 Å². The number of nitrogen functional groups attached to an aromatic ring is 1. The fourth-order valence-corrected chi connectivity index (χ4v) is 4.02. The number of halogens is 3. The van der Waals surface area contributed by atoms with Gasteiger partial charge in [0.1, 0.15) is 17.3 Å². The van der Waals surface area contributed by atoms with E-state index in [1.54, 1.807) is 12.1 Å². The van der Waals surface area contributed by atoms with Gasteiger partial charge in [-0.05, 0) is 66.2 Å². The first kappa shape index (κ1) is 21.1. The van der Waals surface area contributed by atoms with Gasteiger partial charge >= 0.3 is 0 Å². The predicted molar refractivity (Wildman–Crippen MR) is 117 cm³/mol. The summed E-state index contributed by atoms with van der Waals surface area (Å²) < 4.78 is 44.0. The lowest BCUT2D eigenvalue weighted by Gasteiger charge is -2.15. The van der Waals surface area contributed by atoms with E-state index in [4.69, 9.17) is 5.73 Å². The Bertz CT molecular complexity index is 1320. The number of anilines is 1. The molecule has 5 rings (SSSR count). The van der Waals surface area contributed by atoms with E-state index in [-0.39, 0.29) is 23.1 Å². The highest BCUT2D eigenvalue weighted by Gasteiger charge is 2.20. The van der Waals surface area contributed by atoms with Crippen LogP contribution in [0.3, 0.4) is 0 Å². The maximum Gasteiger partial charge on any atom is 0.190 e. The molecule has 7 nitrogen and oxygen atoms in total. The van der Waals surface area contributed by atoms with Crippen molar-refractivity contribution in [3.8, 4) is 28.2 Å². The third-order valence-corrected chi connectivity index (χ3v) is 5.77. The summed E-state index contributed by atoms with van der Waals surface area (Å²) in [5.74, 6) is -2.25. The lowest BCUT2D eigenvalue weighted by atomic mass is 10.0. The lowest BCUT2D eigenvalue weighted by Crippen LogP contribution is -2.19. The van der Waals surface area contributed by atoms with Crippen LogP contribution < -0.4 is 5.73 Å². The van der Waals surface area contributed by atoms with Gasteiger partial charge < -0.3 is 5.73 Å². The third-order valence-electron chi connectivity index (χ3n) is 5.77. The Morgan fingerprint density at radius 3 is 2.55 bits per heavy atom. The molecule has 0 aliphatic carbocycles. The fraction of sp³-hybridized carbons (Fsp3) is 0.217. The molecule has 2 N–H and O–H groups in total. The second-order valence-corrected chi connectivity index (χ2v) is 7.93. The van der Waals surface area contributed by atoms with Crippen molar-refractivity contribution in [2.75, 3.05) is 18.8 Å². The van der Waals surface area contributed by atoms with E-state index in [1.165, 1.54) is 24.4 Å². The molecule has 2 aromatic heterocycles. The number of nitrogens with two attached hydrogens (primary N) is 1. The number of rotatable bonds is 5. The van der Waals surface area contributed by atoms with Crippen LogP contribution in [0.2, 0.25) is 0 Å². The second-order valence-electron chi connectivity index (χ2n) is 7.93. The number of benzene rings is 2. The van der Waals surface area contributed by atoms with Crippen molar-refractivity contribution in [2.45, 2.75) is 19.4 Å². The molecule has 4 aromatic rings. The number of tetrazole rings is 1. The van der Waals surface area contributed by atoms with E-state index in [9.17, 15) is 13.2 Å². The third kappa shape index (κ3) is 4.05. The van der Waals surface area contributed by atoms with Gasteiger partial charge in [0, 0.05) is 23.9 Å². The van der Waals surface area contributed by atoms with Crippen LogP contribution in [0, 0.1) is 17.5 Å². The van der Waals surface area contributed by atoms with Crippen LogP contribution in [0.4, 0.5) is 19.0 Å². The maximum absolute atomic E-state index is 14.8. The summed E-state index contributed by atoms with van der Waals surface area (Å²) in [4.78, 5) is 6.42. The zero-order valence-corrected chi connectivity index (χ0v) is 17.5. The highest BCUT2D eigenvalue weighted by molar-refractivity contribution is 5.76. The number of hydrogen-bond donors (Lipinski definition) is 1. The first-order chi connectivity index (χ1) is 16.0. The maximum atomic E-state index is 14.8. The van der Waals surface area contributed by atoms with Crippen LogP contribution in [0.5, 0.6) is 0 Å². The first-order valence-corrected chi connectivity index (χ1v) is 10.5. The zero-order valence-electron chi connectivity index (χ0n) is 17.5. The Kier molecular flexibility index (Phi) is 5.51. The molecule has 1 aliphatic heterocycles. The number of aromatic nitrogens is 5. The van der Waals surface area contributed by atoms with Gasteiger partial charge in [-0.15, -0.1) is 5.10 Å². The Morgan fingerprint density at radius 1 is 0.939 bits per heavy atom. The predicted octanol–water partition coefficient (Wildman–Crippen LogP) is 3.99. The summed E-state index contributed by atoms with van der Waals surface area (Å²) in [5.41, 5.74) is 8.01. The van der Waals surface area contributed by atoms with Crippen LogP contribution in [-0.2, 0) is 6.54 Å². The molecule has 0 radical (unpaired) electrons. The average molecular weight is 451 g/mol. The molecule has 0 atom stereocenters. The molecule has 0 saturated carbocycles. The first-order valence-electron chi connectivity index (χ1n) is 10.5. The van der Waals surface area contributed by atoms with Crippen molar-refractivity contribution >= 4 is 5.82 Å². The standard InChI is InChI=1S/C23H20F3N7/c24-18-4-3-5-20(21(18)26)33-23(29-30-31-33)17-10-16(12-28-22(17)27)14-6-7-15(19(25)11-14)13-32-8-1-2-9-32/h3-7,10-12H,1-2,8-9,13H2,(H2,27,28). The van der Waals surface area contributed by atoms with Gasteiger partial charge in [-0.2, -0.15) is 4.68 Å². The second kappa shape index (κ2) is 8.62. The summed E-state index contributed by atoms with van der Waals surface area (Å²) in [6.07, 6.45) is 3.79. The van der Waals surface area contributed by atoms with Crippen molar-refractivity contribution in [3.63, 3.8) is 0 Å². The minimum Gasteiger partial charge on any atom is -0.383 e. The Morgan fingerprint density at radius 2 is 1.76 bits per heavy atom. The van der Waals surface area contributed by atoms with Crippen molar-refractivity contribution < 1.29 is 13.2 Å². The van der Waals surface area contributed by atoms with Crippen LogP contribution in [0.15, 0.2) is 48.7 Å². The SMILES string of the molecule is Nc1ncc(-c2ccc(CN3CCCC3)c(F)c2)cc1-c1nnnn1-c1cccc(F)c1F. The lowest BCUT2D eigenvalue weighted by molar-refractivity contribution is 0.325. The van der Waals surface area contributed by atoms with E-state index >= 15 is 0 Å². The molecular weight excluding hydrogens is 431 g/mol. The van der Waals surface area contributed by atoms with Crippen LogP contribution in [-0.4, -0.2) is 43.2 Å². The van der Waals surface area contributed by atoms with Crippen molar-refractivity contribution in [2.24, 2.45) is 0 Å². The highest BCUT2D eigenvalue weighted by atomic mass is 19.2. The van der Waals surface area contributed by atoms with E-state index in [0.29, 0.717) is 28.8 Å². The largest absolute Gasteiger partial charge is 0.383 e. The molecule has 0 bridgehead atoms. The van der Waals surface area contributed by atoms with E-state index in [1.807, 2.05) is 6.07 Å². The molecule has 0 amide bonds. The molecule has 3 heterocycles. The van der Waals surface area contributed by atoms with Crippen LogP contribution in [0.25, 0.3) is 28.2 Å². The summed E-state index contributed by atoms with van der Waals surface area (Å²) in [6, 6.07) is 10.4. The molecule has 2 aromatic carbocycles. The number of nitrogens with zero attached hydrogens (tertiary/aromatic N) is 6. The molecule has 0 spiro atoms.